The number of halogens is 1. The van der Waals surface area contributed by atoms with E-state index in [2.05, 4.69) is 37.4 Å². The number of amides is 1. The monoisotopic (exact) mass is 483 g/mol. The summed E-state index contributed by atoms with van der Waals surface area (Å²) in [4.78, 5) is 25.3. The maximum absolute atomic E-state index is 14.2. The van der Waals surface area contributed by atoms with Crippen molar-refractivity contribution in [3.8, 4) is 17.5 Å². The van der Waals surface area contributed by atoms with E-state index in [4.69, 9.17) is 10.1 Å². The van der Waals surface area contributed by atoms with Crippen molar-refractivity contribution in [1.82, 2.24) is 19.5 Å². The van der Waals surface area contributed by atoms with E-state index in [9.17, 15) is 9.18 Å². The topological polar surface area (TPSA) is 118 Å². The second-order valence-electron chi connectivity index (χ2n) is 7.57. The molecule has 1 aromatic carbocycles. The summed E-state index contributed by atoms with van der Waals surface area (Å²) in [5, 5.41) is 13.1. The second kappa shape index (κ2) is 10.9. The van der Waals surface area contributed by atoms with Crippen LogP contribution in [0.3, 0.4) is 0 Å². The molecular weight excluding hydrogens is 461 g/mol. The molecule has 0 spiro atoms. The molecule has 0 aliphatic heterocycles. The van der Waals surface area contributed by atoms with Crippen molar-refractivity contribution in [2.75, 3.05) is 17.2 Å². The first kappa shape index (κ1) is 24.1. The van der Waals surface area contributed by atoms with Gasteiger partial charge in [-0.1, -0.05) is 5.92 Å². The highest BCUT2D eigenvalue weighted by molar-refractivity contribution is 6.04. The summed E-state index contributed by atoms with van der Waals surface area (Å²) < 4.78 is 20.9. The van der Waals surface area contributed by atoms with Crippen LogP contribution in [0.5, 0.6) is 0 Å². The van der Waals surface area contributed by atoms with Crippen molar-refractivity contribution in [1.29, 1.82) is 5.41 Å². The molecule has 9 nitrogen and oxygen atoms in total. The van der Waals surface area contributed by atoms with Gasteiger partial charge in [0, 0.05) is 35.4 Å². The van der Waals surface area contributed by atoms with Crippen LogP contribution in [0, 0.1) is 30.0 Å². The van der Waals surface area contributed by atoms with Gasteiger partial charge in [-0.2, -0.15) is 0 Å². The number of benzene rings is 1. The molecule has 4 aromatic rings. The Morgan fingerprint density at radius 3 is 2.69 bits per heavy atom. The predicted molar refractivity (Wildman–Crippen MR) is 134 cm³/mol. The Labute approximate surface area is 206 Å². The molecule has 180 valence electrons. The number of hydrogen-bond donors (Lipinski definition) is 3. The SMILES string of the molecule is CCOC(=N)Nc1ccc(C#Cc2cc(NC(=O)c3cc(F)cc(-n4cnc(C)c4)c3)ccn2)cn1. The van der Waals surface area contributed by atoms with Crippen molar-refractivity contribution < 1.29 is 13.9 Å². The van der Waals surface area contributed by atoms with E-state index in [1.54, 1.807) is 60.5 Å². The average molecular weight is 484 g/mol. The van der Waals surface area contributed by atoms with Crippen LogP contribution in [0.4, 0.5) is 15.9 Å². The first-order valence-corrected chi connectivity index (χ1v) is 10.9. The van der Waals surface area contributed by atoms with E-state index >= 15 is 0 Å². The molecule has 3 N–H and O–H groups in total. The fourth-order valence-corrected chi connectivity index (χ4v) is 3.17. The van der Waals surface area contributed by atoms with Gasteiger partial charge >= 0.3 is 0 Å². The molecule has 3 aromatic heterocycles. The van der Waals surface area contributed by atoms with Gasteiger partial charge in [0.25, 0.3) is 11.9 Å². The zero-order valence-electron chi connectivity index (χ0n) is 19.5. The molecule has 0 unspecified atom stereocenters. The van der Waals surface area contributed by atoms with Crippen LogP contribution >= 0.6 is 0 Å². The third-order valence-electron chi connectivity index (χ3n) is 4.80. The number of rotatable bonds is 5. The number of anilines is 2. The van der Waals surface area contributed by atoms with Gasteiger partial charge in [-0.15, -0.1) is 0 Å². The number of nitrogens with zero attached hydrogens (tertiary/aromatic N) is 4. The molecule has 0 bridgehead atoms. The summed E-state index contributed by atoms with van der Waals surface area (Å²) in [6.45, 7) is 4.00. The maximum Gasteiger partial charge on any atom is 0.287 e. The van der Waals surface area contributed by atoms with Gasteiger partial charge in [0.2, 0.25) is 0 Å². The number of aryl methyl sites for hydroxylation is 1. The molecule has 36 heavy (non-hydrogen) atoms. The number of carbonyl (C=O) groups excluding carboxylic acids is 1. The number of ether oxygens (including phenoxy) is 1. The average Bonchev–Trinajstić information content (AvgIpc) is 3.30. The lowest BCUT2D eigenvalue weighted by atomic mass is 10.1. The predicted octanol–water partition coefficient (Wildman–Crippen LogP) is 4.15. The summed E-state index contributed by atoms with van der Waals surface area (Å²) in [5.41, 5.74) is 2.98. The van der Waals surface area contributed by atoms with Crippen molar-refractivity contribution in [3.63, 3.8) is 0 Å². The maximum atomic E-state index is 14.2. The molecule has 0 aliphatic rings. The zero-order valence-corrected chi connectivity index (χ0v) is 19.5. The lowest BCUT2D eigenvalue weighted by molar-refractivity contribution is 0.102. The van der Waals surface area contributed by atoms with Crippen LogP contribution in [0.1, 0.15) is 34.2 Å². The normalized spacial score (nSPS) is 10.2. The van der Waals surface area contributed by atoms with Crippen LogP contribution in [0.2, 0.25) is 0 Å². The lowest BCUT2D eigenvalue weighted by Gasteiger charge is -2.08. The van der Waals surface area contributed by atoms with E-state index in [-0.39, 0.29) is 11.6 Å². The summed E-state index contributed by atoms with van der Waals surface area (Å²) in [6, 6.07) is 10.7. The van der Waals surface area contributed by atoms with Gasteiger partial charge in [-0.3, -0.25) is 15.5 Å². The summed E-state index contributed by atoms with van der Waals surface area (Å²) in [7, 11) is 0. The van der Waals surface area contributed by atoms with Crippen LogP contribution in [0.15, 0.2) is 67.4 Å². The first-order chi connectivity index (χ1) is 17.4. The molecule has 0 aliphatic carbocycles. The highest BCUT2D eigenvalue weighted by Gasteiger charge is 2.11. The smallest absolute Gasteiger partial charge is 0.287 e. The molecule has 0 saturated heterocycles. The molecular formula is C26H22FN7O2. The van der Waals surface area contributed by atoms with Gasteiger partial charge < -0.3 is 14.6 Å². The van der Waals surface area contributed by atoms with Gasteiger partial charge in [-0.05, 0) is 62.2 Å². The fourth-order valence-electron chi connectivity index (χ4n) is 3.17. The van der Waals surface area contributed by atoms with E-state index < -0.39 is 11.7 Å². The Kier molecular flexibility index (Phi) is 7.31. The Bertz CT molecular complexity index is 1470. The molecule has 3 heterocycles. The number of carbonyl (C=O) groups is 1. The molecule has 10 heteroatoms. The quantitative estimate of drug-likeness (QED) is 0.223. The minimum absolute atomic E-state index is 0.0850. The fraction of sp³-hybridized carbons (Fsp3) is 0.115. The molecule has 0 radical (unpaired) electrons. The van der Waals surface area contributed by atoms with E-state index in [1.165, 1.54) is 18.3 Å². The van der Waals surface area contributed by atoms with Gasteiger partial charge in [0.05, 0.1) is 24.3 Å². The molecule has 4 rings (SSSR count). The van der Waals surface area contributed by atoms with Crippen molar-refractivity contribution in [2.45, 2.75) is 13.8 Å². The van der Waals surface area contributed by atoms with Gasteiger partial charge in [0.1, 0.15) is 17.3 Å². The lowest BCUT2D eigenvalue weighted by Crippen LogP contribution is -2.15. The van der Waals surface area contributed by atoms with Crippen LogP contribution in [-0.2, 0) is 4.74 Å². The minimum atomic E-state index is -0.533. The third kappa shape index (κ3) is 6.30. The molecule has 0 fully saturated rings. The van der Waals surface area contributed by atoms with Crippen molar-refractivity contribution in [2.24, 2.45) is 0 Å². The Balaban J connectivity index is 1.45. The van der Waals surface area contributed by atoms with Crippen LogP contribution in [-0.4, -0.2) is 38.1 Å². The van der Waals surface area contributed by atoms with Crippen molar-refractivity contribution >= 4 is 23.4 Å². The Hall–Kier alpha value is -5.04. The van der Waals surface area contributed by atoms with E-state index in [0.29, 0.717) is 35.1 Å². The number of nitrogens with one attached hydrogen (secondary N) is 3. The largest absolute Gasteiger partial charge is 0.465 e. The van der Waals surface area contributed by atoms with E-state index in [0.717, 1.165) is 5.69 Å². The Morgan fingerprint density at radius 2 is 1.97 bits per heavy atom. The minimum Gasteiger partial charge on any atom is -0.465 e. The Morgan fingerprint density at radius 1 is 1.11 bits per heavy atom. The molecule has 1 amide bonds. The summed E-state index contributed by atoms with van der Waals surface area (Å²) in [6.07, 6.45) is 6.39. The highest BCUT2D eigenvalue weighted by atomic mass is 19.1. The third-order valence-corrected chi connectivity index (χ3v) is 4.80. The number of amidine groups is 1. The van der Waals surface area contributed by atoms with Crippen LogP contribution in [0.25, 0.3) is 5.69 Å². The zero-order chi connectivity index (χ0) is 25.5. The van der Waals surface area contributed by atoms with Crippen LogP contribution < -0.4 is 10.6 Å². The van der Waals surface area contributed by atoms with Crippen molar-refractivity contribution in [3.05, 3.63) is 95.7 Å². The number of hydrogen-bond acceptors (Lipinski definition) is 6. The van der Waals surface area contributed by atoms with Gasteiger partial charge in [-0.25, -0.2) is 19.3 Å². The highest BCUT2D eigenvalue weighted by Crippen LogP contribution is 2.17. The number of imidazole rings is 1. The number of aromatic nitrogens is 4. The standard InChI is InChI=1S/C26H22FN7O2/c1-3-36-26(28)33-24-7-5-18(14-30-24)4-6-21-13-22(8-9-29-21)32-25(35)19-10-20(27)12-23(11-19)34-15-17(2)31-16-34/h5,7-16H,3H2,1-2H3,(H2,28,30,33)(H,29,32,35). The second-order valence-corrected chi connectivity index (χ2v) is 7.57. The summed E-state index contributed by atoms with van der Waals surface area (Å²) >= 11 is 0. The summed E-state index contributed by atoms with van der Waals surface area (Å²) in [5.74, 6) is 5.34. The van der Waals surface area contributed by atoms with Gasteiger partial charge in [0.15, 0.2) is 0 Å². The molecule has 0 saturated carbocycles. The van der Waals surface area contributed by atoms with E-state index in [1.807, 2.05) is 6.92 Å². The molecule has 0 atom stereocenters. The first-order valence-electron chi connectivity index (χ1n) is 10.9. The number of pyridine rings is 2.